The second-order valence-corrected chi connectivity index (χ2v) is 4.90. The third kappa shape index (κ3) is 3.40. The normalized spacial score (nSPS) is 10.8. The lowest BCUT2D eigenvalue weighted by atomic mass is 10.0. The fourth-order valence-corrected chi connectivity index (χ4v) is 1.69. The van der Waals surface area contributed by atoms with Crippen LogP contribution in [0.25, 0.3) is 0 Å². The van der Waals surface area contributed by atoms with Gasteiger partial charge in [0.2, 0.25) is 0 Å². The Kier molecular flexibility index (Phi) is 4.42. The molecule has 1 N–H and O–H groups in total. The van der Waals surface area contributed by atoms with Gasteiger partial charge in [-0.2, -0.15) is 0 Å². The van der Waals surface area contributed by atoms with Gasteiger partial charge >= 0.3 is 0 Å². The summed E-state index contributed by atoms with van der Waals surface area (Å²) in [4.78, 5) is 21.0. The lowest BCUT2D eigenvalue weighted by Crippen LogP contribution is -2.13. The first-order chi connectivity index (χ1) is 8.73. The van der Waals surface area contributed by atoms with Crippen molar-refractivity contribution < 1.29 is 9.85 Å². The predicted molar refractivity (Wildman–Crippen MR) is 72.6 cm³/mol. The minimum absolute atomic E-state index is 0.0227. The van der Waals surface area contributed by atoms with E-state index in [2.05, 4.69) is 5.32 Å². The molecule has 1 rings (SSSR count). The van der Waals surface area contributed by atoms with Crippen molar-refractivity contribution in [2.24, 2.45) is 0 Å². The summed E-state index contributed by atoms with van der Waals surface area (Å²) < 4.78 is 0. The predicted octanol–water partition coefficient (Wildman–Crippen LogP) is 3.45. The Labute approximate surface area is 110 Å². The van der Waals surface area contributed by atoms with Crippen LogP contribution in [0.1, 0.15) is 39.2 Å². The molecule has 0 atom stereocenters. The Hall–Kier alpha value is -2.18. The summed E-state index contributed by atoms with van der Waals surface area (Å²) in [7, 11) is 0. The van der Waals surface area contributed by atoms with E-state index in [0.717, 1.165) is 0 Å². The quantitative estimate of drug-likeness (QED) is 0.650. The second kappa shape index (κ2) is 5.64. The maximum Gasteiger partial charge on any atom is 0.299 e. The Morgan fingerprint density at radius 2 is 1.42 bits per heavy atom. The Morgan fingerprint density at radius 1 is 1.00 bits per heavy atom. The van der Waals surface area contributed by atoms with Crippen LogP contribution in [0.15, 0.2) is 12.1 Å². The van der Waals surface area contributed by atoms with Crippen LogP contribution in [0.4, 0.5) is 17.1 Å². The Morgan fingerprint density at radius 3 is 1.68 bits per heavy atom. The molecule has 0 saturated carbocycles. The number of nitro benzene ring substituents is 2. The van der Waals surface area contributed by atoms with Crippen LogP contribution in [0.3, 0.4) is 0 Å². The van der Waals surface area contributed by atoms with E-state index in [4.69, 9.17) is 0 Å². The first kappa shape index (κ1) is 14.9. The zero-order valence-corrected chi connectivity index (χ0v) is 11.3. The van der Waals surface area contributed by atoms with Crippen LogP contribution >= 0.6 is 0 Å². The number of rotatable bonds is 5. The van der Waals surface area contributed by atoms with Crippen LogP contribution in [0.2, 0.25) is 0 Å². The van der Waals surface area contributed by atoms with Crippen molar-refractivity contribution in [1.82, 2.24) is 0 Å². The van der Waals surface area contributed by atoms with Crippen LogP contribution in [0.5, 0.6) is 0 Å². The highest BCUT2D eigenvalue weighted by Gasteiger charge is 2.27. The van der Waals surface area contributed by atoms with Crippen molar-refractivity contribution in [2.75, 3.05) is 5.32 Å². The summed E-state index contributed by atoms with van der Waals surface area (Å²) in [5, 5.41) is 25.0. The number of hydrogen-bond donors (Lipinski definition) is 1. The maximum atomic E-state index is 11.1. The van der Waals surface area contributed by atoms with Gasteiger partial charge in [0.15, 0.2) is 5.69 Å². The van der Waals surface area contributed by atoms with Gasteiger partial charge in [0.25, 0.3) is 11.4 Å². The van der Waals surface area contributed by atoms with Gasteiger partial charge in [0, 0.05) is 18.2 Å². The van der Waals surface area contributed by atoms with Crippen molar-refractivity contribution in [3.8, 4) is 0 Å². The number of hydrogen-bond acceptors (Lipinski definition) is 5. The van der Waals surface area contributed by atoms with Crippen molar-refractivity contribution in [3.05, 3.63) is 37.9 Å². The molecule has 0 amide bonds. The van der Waals surface area contributed by atoms with Crippen molar-refractivity contribution in [3.63, 3.8) is 0 Å². The topological polar surface area (TPSA) is 98.3 Å². The second-order valence-electron chi connectivity index (χ2n) is 4.90. The van der Waals surface area contributed by atoms with Gasteiger partial charge in [-0.25, -0.2) is 0 Å². The first-order valence-electron chi connectivity index (χ1n) is 5.97. The number of nitrogens with one attached hydrogen (secondary N) is 1. The molecule has 1 aromatic carbocycles. The largest absolute Gasteiger partial charge is 0.372 e. The van der Waals surface area contributed by atoms with Crippen molar-refractivity contribution in [1.29, 1.82) is 0 Å². The third-order valence-corrected chi connectivity index (χ3v) is 2.61. The summed E-state index contributed by atoms with van der Waals surface area (Å²) >= 11 is 0. The minimum atomic E-state index is -0.594. The minimum Gasteiger partial charge on any atom is -0.372 e. The van der Waals surface area contributed by atoms with Crippen LogP contribution in [-0.4, -0.2) is 15.9 Å². The van der Waals surface area contributed by atoms with Crippen LogP contribution in [-0.2, 0) is 0 Å². The molecule has 0 spiro atoms. The Bertz CT molecular complexity index is 477. The molecule has 0 aliphatic heterocycles. The Balaban J connectivity index is 3.55. The van der Waals surface area contributed by atoms with E-state index in [9.17, 15) is 20.2 Å². The molecule has 0 radical (unpaired) electrons. The average molecular weight is 267 g/mol. The molecule has 0 saturated heterocycles. The lowest BCUT2D eigenvalue weighted by Gasteiger charge is -2.13. The van der Waals surface area contributed by atoms with E-state index in [0.29, 0.717) is 5.56 Å². The van der Waals surface area contributed by atoms with E-state index in [1.54, 1.807) is 13.8 Å². The molecule has 7 nitrogen and oxygen atoms in total. The maximum absolute atomic E-state index is 11.1. The number of nitrogens with zero attached hydrogens (tertiary/aromatic N) is 2. The smallest absolute Gasteiger partial charge is 0.299 e. The highest BCUT2D eigenvalue weighted by atomic mass is 16.6. The lowest BCUT2D eigenvalue weighted by molar-refractivity contribution is -0.392. The zero-order valence-electron chi connectivity index (χ0n) is 11.3. The summed E-state index contributed by atoms with van der Waals surface area (Å²) in [5.41, 5.74) is 0.0281. The molecule has 7 heteroatoms. The third-order valence-electron chi connectivity index (χ3n) is 2.61. The number of anilines is 1. The van der Waals surface area contributed by atoms with Crippen LogP contribution < -0.4 is 5.32 Å². The van der Waals surface area contributed by atoms with E-state index in [1.807, 2.05) is 13.8 Å². The fraction of sp³-hybridized carbons (Fsp3) is 0.500. The molecular formula is C12H17N3O4. The van der Waals surface area contributed by atoms with Gasteiger partial charge in [-0.15, -0.1) is 0 Å². The van der Waals surface area contributed by atoms with E-state index >= 15 is 0 Å². The van der Waals surface area contributed by atoms with Gasteiger partial charge < -0.3 is 5.32 Å². The van der Waals surface area contributed by atoms with Gasteiger partial charge in [-0.3, -0.25) is 20.2 Å². The van der Waals surface area contributed by atoms with Gasteiger partial charge in [-0.1, -0.05) is 13.8 Å². The highest BCUT2D eigenvalue weighted by Crippen LogP contribution is 2.38. The molecule has 0 unspecified atom stereocenters. The highest BCUT2D eigenvalue weighted by molar-refractivity contribution is 5.75. The molecule has 0 aliphatic rings. The van der Waals surface area contributed by atoms with E-state index < -0.39 is 9.85 Å². The van der Waals surface area contributed by atoms with Gasteiger partial charge in [-0.05, 0) is 25.3 Å². The fourth-order valence-electron chi connectivity index (χ4n) is 1.69. The molecule has 0 aliphatic carbocycles. The van der Waals surface area contributed by atoms with Gasteiger partial charge in [0.1, 0.15) is 0 Å². The molecule has 0 aromatic heterocycles. The SMILES string of the molecule is CC(C)Nc1c([N+](=O)[O-])cc(C(C)C)cc1[N+](=O)[O-]. The van der Waals surface area contributed by atoms with Crippen molar-refractivity contribution in [2.45, 2.75) is 39.7 Å². The monoisotopic (exact) mass is 267 g/mol. The summed E-state index contributed by atoms with van der Waals surface area (Å²) in [6, 6.07) is 2.65. The molecule has 19 heavy (non-hydrogen) atoms. The molecule has 1 aromatic rings. The molecule has 0 bridgehead atoms. The number of nitro groups is 2. The molecule has 0 fully saturated rings. The first-order valence-corrected chi connectivity index (χ1v) is 5.97. The van der Waals surface area contributed by atoms with Crippen molar-refractivity contribution >= 4 is 17.1 Å². The van der Waals surface area contributed by atoms with E-state index in [1.165, 1.54) is 12.1 Å². The number of benzene rings is 1. The van der Waals surface area contributed by atoms with Crippen LogP contribution in [0, 0.1) is 20.2 Å². The summed E-state index contributed by atoms with van der Waals surface area (Å²) in [5.74, 6) is -0.0227. The average Bonchev–Trinajstić information content (AvgIpc) is 2.27. The molecule has 0 heterocycles. The van der Waals surface area contributed by atoms with Gasteiger partial charge in [0.05, 0.1) is 9.85 Å². The molecular weight excluding hydrogens is 250 g/mol. The summed E-state index contributed by atoms with van der Waals surface area (Å²) in [6.45, 7) is 7.20. The summed E-state index contributed by atoms with van der Waals surface area (Å²) in [6.07, 6.45) is 0. The van der Waals surface area contributed by atoms with E-state index in [-0.39, 0.29) is 29.0 Å². The molecule has 104 valence electrons. The zero-order chi connectivity index (χ0) is 14.7. The standard InChI is InChI=1S/C12H17N3O4/c1-7(2)9-5-10(14(16)17)12(13-8(3)4)11(6-9)15(18)19/h5-8,13H,1-4H3.